The van der Waals surface area contributed by atoms with E-state index in [-0.39, 0.29) is 36.4 Å². The summed E-state index contributed by atoms with van der Waals surface area (Å²) in [5, 5.41) is 5.61. The maximum atomic E-state index is 12.6. The number of ether oxygens (including phenoxy) is 1. The van der Waals surface area contributed by atoms with Crippen molar-refractivity contribution in [2.45, 2.75) is 39.0 Å². The van der Waals surface area contributed by atoms with Crippen LogP contribution in [0.1, 0.15) is 48.5 Å². The average Bonchev–Trinajstić information content (AvgIpc) is 2.84. The van der Waals surface area contributed by atoms with Crippen LogP contribution in [0, 0.1) is 5.92 Å². The number of esters is 1. The second kappa shape index (κ2) is 12.8. The van der Waals surface area contributed by atoms with Gasteiger partial charge >= 0.3 is 5.97 Å². The molecule has 3 rings (SSSR count). The van der Waals surface area contributed by atoms with Crippen LogP contribution in [0.4, 0.5) is 5.69 Å². The minimum absolute atomic E-state index is 0.0185. The number of nitrogens with one attached hydrogen (secondary N) is 2. The lowest BCUT2D eigenvalue weighted by Gasteiger charge is -2.30. The Labute approximate surface area is 205 Å². The maximum absolute atomic E-state index is 12.6. The van der Waals surface area contributed by atoms with Crippen LogP contribution in [0.15, 0.2) is 54.6 Å². The highest BCUT2D eigenvalue weighted by Gasteiger charge is 2.21. The molecule has 2 N–H and O–H groups in total. The fourth-order valence-electron chi connectivity index (χ4n) is 3.66. The van der Waals surface area contributed by atoms with Gasteiger partial charge in [0.2, 0.25) is 5.91 Å². The van der Waals surface area contributed by atoms with Gasteiger partial charge in [0.1, 0.15) is 0 Å². The Hall–Kier alpha value is -3.26. The molecule has 0 unspecified atom stereocenters. The number of hydrogen-bond donors (Lipinski definition) is 2. The number of hydrogen-bond acceptors (Lipinski definition) is 5. The molecule has 2 aromatic carbocycles. The first-order valence-electron chi connectivity index (χ1n) is 11.6. The van der Waals surface area contributed by atoms with E-state index in [9.17, 15) is 14.4 Å². The molecule has 1 aliphatic rings. The summed E-state index contributed by atoms with van der Waals surface area (Å²) >= 11 is 5.18. The van der Waals surface area contributed by atoms with Crippen LogP contribution in [0.25, 0.3) is 0 Å². The summed E-state index contributed by atoms with van der Waals surface area (Å²) < 4.78 is 5.18. The number of likely N-dealkylation sites (tertiary alicyclic amines) is 1. The zero-order chi connectivity index (χ0) is 24.3. The van der Waals surface area contributed by atoms with E-state index in [4.69, 9.17) is 17.0 Å². The third-order valence-corrected chi connectivity index (χ3v) is 5.97. The highest BCUT2D eigenvalue weighted by Crippen LogP contribution is 2.19. The van der Waals surface area contributed by atoms with Gasteiger partial charge in [0, 0.05) is 37.2 Å². The fourth-order valence-corrected chi connectivity index (χ4v) is 3.89. The smallest absolute Gasteiger partial charge is 0.306 e. The van der Waals surface area contributed by atoms with Crippen molar-refractivity contribution in [3.05, 3.63) is 65.7 Å². The summed E-state index contributed by atoms with van der Waals surface area (Å²) in [7, 11) is 0. The van der Waals surface area contributed by atoms with Gasteiger partial charge in [-0.15, -0.1) is 0 Å². The van der Waals surface area contributed by atoms with Crippen LogP contribution in [0.3, 0.4) is 0 Å². The normalized spacial score (nSPS) is 13.7. The molecule has 0 saturated carbocycles. The number of anilines is 1. The van der Waals surface area contributed by atoms with Crippen molar-refractivity contribution in [2.75, 3.05) is 25.0 Å². The molecule has 0 atom stereocenters. The van der Waals surface area contributed by atoms with Crippen molar-refractivity contribution in [1.29, 1.82) is 0 Å². The predicted octanol–water partition coefficient (Wildman–Crippen LogP) is 3.94. The molecule has 8 heteroatoms. The van der Waals surface area contributed by atoms with Crippen LogP contribution >= 0.6 is 12.2 Å². The van der Waals surface area contributed by atoms with Crippen molar-refractivity contribution in [1.82, 2.24) is 10.2 Å². The minimum Gasteiger partial charge on any atom is -0.465 e. The van der Waals surface area contributed by atoms with Crippen molar-refractivity contribution >= 4 is 40.8 Å². The summed E-state index contributed by atoms with van der Waals surface area (Å²) in [5.74, 6) is -0.0980. The molecular formula is C26H31N3O4S. The lowest BCUT2D eigenvalue weighted by atomic mass is 9.98. The monoisotopic (exact) mass is 481 g/mol. The average molecular weight is 482 g/mol. The Balaban J connectivity index is 1.34. The van der Waals surface area contributed by atoms with Gasteiger partial charge in [-0.05, 0) is 60.8 Å². The molecule has 0 spiro atoms. The molecule has 1 saturated heterocycles. The Kier molecular flexibility index (Phi) is 9.58. The number of piperidine rings is 1. The van der Waals surface area contributed by atoms with E-state index < -0.39 is 5.97 Å². The largest absolute Gasteiger partial charge is 0.465 e. The van der Waals surface area contributed by atoms with Gasteiger partial charge in [0.25, 0.3) is 5.91 Å². The first-order valence-corrected chi connectivity index (χ1v) is 12.0. The lowest BCUT2D eigenvalue weighted by molar-refractivity contribution is -0.144. The van der Waals surface area contributed by atoms with Crippen LogP contribution in [0.5, 0.6) is 0 Å². The van der Waals surface area contributed by atoms with Crippen LogP contribution in [-0.4, -0.2) is 47.5 Å². The molecule has 1 fully saturated rings. The lowest BCUT2D eigenvalue weighted by Crippen LogP contribution is -2.37. The zero-order valence-corrected chi connectivity index (χ0v) is 20.2. The molecule has 0 aliphatic carbocycles. The van der Waals surface area contributed by atoms with Crippen molar-refractivity contribution < 1.29 is 19.1 Å². The molecule has 0 radical (unpaired) electrons. The first kappa shape index (κ1) is 25.4. The van der Waals surface area contributed by atoms with E-state index in [0.29, 0.717) is 23.6 Å². The Morgan fingerprint density at radius 2 is 1.68 bits per heavy atom. The van der Waals surface area contributed by atoms with E-state index in [1.54, 1.807) is 24.3 Å². The predicted molar refractivity (Wildman–Crippen MR) is 135 cm³/mol. The van der Waals surface area contributed by atoms with E-state index >= 15 is 0 Å². The SMILES string of the molecule is CC1CCN(C(=O)c2ccc(NC(=S)NC(=O)CCC(=O)OCCc3ccccc3)cc2)CC1. The summed E-state index contributed by atoms with van der Waals surface area (Å²) in [6.07, 6.45) is 2.66. The molecular weight excluding hydrogens is 450 g/mol. The van der Waals surface area contributed by atoms with Crippen LogP contribution < -0.4 is 10.6 Å². The van der Waals surface area contributed by atoms with Gasteiger partial charge < -0.3 is 20.3 Å². The molecule has 1 aliphatic heterocycles. The summed E-state index contributed by atoms with van der Waals surface area (Å²) in [6, 6.07) is 16.7. The van der Waals surface area contributed by atoms with Gasteiger partial charge in [0.15, 0.2) is 5.11 Å². The van der Waals surface area contributed by atoms with Gasteiger partial charge in [-0.1, -0.05) is 37.3 Å². The molecule has 2 aromatic rings. The second-order valence-electron chi connectivity index (χ2n) is 8.51. The van der Waals surface area contributed by atoms with Gasteiger partial charge in [-0.3, -0.25) is 14.4 Å². The van der Waals surface area contributed by atoms with Gasteiger partial charge in [-0.25, -0.2) is 0 Å². The van der Waals surface area contributed by atoms with E-state index in [1.165, 1.54) is 0 Å². The van der Waals surface area contributed by atoms with E-state index in [1.807, 2.05) is 35.2 Å². The Bertz CT molecular complexity index is 987. The van der Waals surface area contributed by atoms with Crippen molar-refractivity contribution in [2.24, 2.45) is 5.92 Å². The number of carbonyl (C=O) groups is 3. The first-order chi connectivity index (χ1) is 16.4. The quantitative estimate of drug-likeness (QED) is 0.439. The van der Waals surface area contributed by atoms with Gasteiger partial charge in [-0.2, -0.15) is 0 Å². The number of carbonyl (C=O) groups excluding carboxylic acids is 3. The molecule has 1 heterocycles. The zero-order valence-electron chi connectivity index (χ0n) is 19.4. The van der Waals surface area contributed by atoms with E-state index in [0.717, 1.165) is 31.5 Å². The molecule has 34 heavy (non-hydrogen) atoms. The number of thiocarbonyl (C=S) groups is 1. The molecule has 7 nitrogen and oxygen atoms in total. The second-order valence-corrected chi connectivity index (χ2v) is 8.92. The van der Waals surface area contributed by atoms with Crippen LogP contribution in [-0.2, 0) is 20.7 Å². The highest BCUT2D eigenvalue weighted by atomic mass is 32.1. The highest BCUT2D eigenvalue weighted by molar-refractivity contribution is 7.80. The third-order valence-electron chi connectivity index (χ3n) is 5.77. The number of amides is 2. The van der Waals surface area contributed by atoms with E-state index in [2.05, 4.69) is 17.6 Å². The van der Waals surface area contributed by atoms with Gasteiger partial charge in [0.05, 0.1) is 13.0 Å². The summed E-state index contributed by atoms with van der Waals surface area (Å²) in [5.41, 5.74) is 2.37. The summed E-state index contributed by atoms with van der Waals surface area (Å²) in [6.45, 7) is 4.07. The fraction of sp³-hybridized carbons (Fsp3) is 0.385. The number of nitrogens with zero attached hydrogens (tertiary/aromatic N) is 1. The van der Waals surface area contributed by atoms with Crippen LogP contribution in [0.2, 0.25) is 0 Å². The molecule has 180 valence electrons. The van der Waals surface area contributed by atoms with Crippen molar-refractivity contribution in [3.8, 4) is 0 Å². The number of benzene rings is 2. The number of rotatable bonds is 8. The minimum atomic E-state index is -0.423. The Morgan fingerprint density at radius 3 is 2.35 bits per heavy atom. The third kappa shape index (κ3) is 8.26. The topological polar surface area (TPSA) is 87.7 Å². The Morgan fingerprint density at radius 1 is 1.00 bits per heavy atom. The molecule has 2 amide bonds. The van der Waals surface area contributed by atoms with Crippen molar-refractivity contribution in [3.63, 3.8) is 0 Å². The summed E-state index contributed by atoms with van der Waals surface area (Å²) in [4.78, 5) is 38.5. The molecule has 0 bridgehead atoms. The maximum Gasteiger partial charge on any atom is 0.306 e. The molecule has 0 aromatic heterocycles. The standard InChI is InChI=1S/C26H31N3O4S/c1-19-13-16-29(17-14-19)25(32)21-7-9-22(10-8-21)27-26(34)28-23(30)11-12-24(31)33-18-15-20-5-3-2-4-6-20/h2-10,19H,11-18H2,1H3,(H2,27,28,30,34).